The Balaban J connectivity index is 0.000000170. The molecule has 0 aliphatic heterocycles. The lowest BCUT2D eigenvalue weighted by molar-refractivity contribution is -0.108. The van der Waals surface area contributed by atoms with Gasteiger partial charge >= 0.3 is 0 Å². The highest BCUT2D eigenvalue weighted by atomic mass is 16.1. The molecule has 0 amide bonds. The number of rotatable bonds is 4. The zero-order chi connectivity index (χ0) is 46.8. The molecule has 0 spiro atoms. The minimum absolute atomic E-state index is 0. The van der Waals surface area contributed by atoms with Crippen LogP contribution in [0.3, 0.4) is 0 Å². The number of Topliss-reactive ketones (excluding diaryl/α,β-unsaturated/α-hetero) is 1. The third-order valence-electron chi connectivity index (χ3n) is 13.6. The van der Waals surface area contributed by atoms with Gasteiger partial charge in [0.05, 0.1) is 0 Å². The van der Waals surface area contributed by atoms with E-state index in [4.69, 9.17) is 0 Å². The van der Waals surface area contributed by atoms with Crippen LogP contribution in [0.2, 0.25) is 0 Å². The zero-order valence-electron chi connectivity index (χ0n) is 38.3. The molecule has 0 bridgehead atoms. The summed E-state index contributed by atoms with van der Waals surface area (Å²) in [4.78, 5) is 14.0. The molecule has 0 radical (unpaired) electrons. The number of hydrogen-bond donors (Lipinski definition) is 0. The molecule has 1 heteroatoms. The van der Waals surface area contributed by atoms with Crippen LogP contribution in [0, 0.1) is 12.1 Å². The maximum Gasteiger partial charge on any atom is 0.195 e. The maximum absolute atomic E-state index is 14.0. The molecule has 0 heterocycles. The first-order valence-corrected chi connectivity index (χ1v) is 23.8. The molecule has 1 aliphatic carbocycles. The molecule has 0 N–H and O–H groups in total. The van der Waals surface area contributed by atoms with Gasteiger partial charge in [0.15, 0.2) is 5.78 Å². The molecule has 74 heavy (non-hydrogen) atoms. The summed E-state index contributed by atoms with van der Waals surface area (Å²) in [5.74, 6) is 0.101. The largest absolute Gasteiger partial charge is 0.289 e. The molecule has 0 fully saturated rings. The Labute approximate surface area is 436 Å². The number of fused-ring (bicyclic) bond motifs is 13. The van der Waals surface area contributed by atoms with Crippen molar-refractivity contribution >= 4 is 81.6 Å². The molecule has 0 unspecified atom stereocenters. The van der Waals surface area contributed by atoms with Gasteiger partial charge in [-0.05, 0) is 110 Å². The van der Waals surface area contributed by atoms with E-state index < -0.39 is 0 Å². The summed E-state index contributed by atoms with van der Waals surface area (Å²) in [6.07, 6.45) is 0. The van der Waals surface area contributed by atoms with Crippen molar-refractivity contribution in [3.63, 3.8) is 0 Å². The zero-order valence-corrected chi connectivity index (χ0v) is 38.3. The summed E-state index contributed by atoms with van der Waals surface area (Å²) in [6, 6.07) is 98.4. The fourth-order valence-electron chi connectivity index (χ4n) is 10.7. The van der Waals surface area contributed by atoms with Gasteiger partial charge in [0.1, 0.15) is 0 Å². The van der Waals surface area contributed by atoms with E-state index in [2.05, 4.69) is 194 Å². The van der Waals surface area contributed by atoms with Crippen LogP contribution in [-0.2, 0) is 4.79 Å². The van der Waals surface area contributed by atoms with E-state index in [1.165, 1.54) is 76.1 Å². The molecule has 13 aromatic carbocycles. The second-order valence-corrected chi connectivity index (χ2v) is 17.5. The normalized spacial score (nSPS) is 11.2. The van der Waals surface area contributed by atoms with Crippen LogP contribution >= 0.6 is 0 Å². The molecule has 13 aromatic rings. The van der Waals surface area contributed by atoms with Crippen LogP contribution in [0.25, 0.3) is 98.0 Å². The summed E-state index contributed by atoms with van der Waals surface area (Å²) in [7, 11) is 0. The first-order chi connectivity index (χ1) is 34.8. The Morgan fingerprint density at radius 2 is 0.473 bits per heavy atom. The quantitative estimate of drug-likeness (QED) is 0.127. The molecular formula is C73H60O. The molecule has 0 aromatic heterocycles. The smallest absolute Gasteiger partial charge is 0.195 e. The van der Waals surface area contributed by atoms with E-state index in [1.807, 2.05) is 84.9 Å². The third kappa shape index (κ3) is 8.89. The van der Waals surface area contributed by atoms with Crippen LogP contribution in [0.5, 0.6) is 0 Å². The van der Waals surface area contributed by atoms with Gasteiger partial charge < -0.3 is 0 Å². The minimum atomic E-state index is 0. The number of hydrogen-bond acceptors (Lipinski definition) is 1. The van der Waals surface area contributed by atoms with Crippen molar-refractivity contribution in [2.24, 2.45) is 0 Å². The number of carbonyl (C=O) groups is 1. The van der Waals surface area contributed by atoms with Crippen LogP contribution < -0.4 is 10.4 Å². The molecular weight excluding hydrogens is 893 g/mol. The molecule has 0 saturated heterocycles. The Kier molecular flexibility index (Phi) is 15.4. The first kappa shape index (κ1) is 51.0. The van der Waals surface area contributed by atoms with Crippen LogP contribution in [0.1, 0.15) is 40.8 Å². The lowest BCUT2D eigenvalue weighted by Crippen LogP contribution is -2.27. The fourth-order valence-corrected chi connectivity index (χ4v) is 10.7. The molecule has 1 aliphatic rings. The summed E-state index contributed by atoms with van der Waals surface area (Å²) >= 11 is 0. The first-order valence-electron chi connectivity index (χ1n) is 23.8. The monoisotopic (exact) mass is 952 g/mol. The molecule has 358 valence electrons. The van der Waals surface area contributed by atoms with Crippen molar-refractivity contribution in [2.45, 2.75) is 29.7 Å². The van der Waals surface area contributed by atoms with Gasteiger partial charge in [0, 0.05) is 21.6 Å². The second kappa shape index (κ2) is 22.4. The summed E-state index contributed by atoms with van der Waals surface area (Å²) in [5, 5.41) is 17.2. The third-order valence-corrected chi connectivity index (χ3v) is 13.6. The van der Waals surface area contributed by atoms with E-state index in [0.717, 1.165) is 43.5 Å². The van der Waals surface area contributed by atoms with Gasteiger partial charge in [-0.1, -0.05) is 297 Å². The Morgan fingerprint density at radius 1 is 0.230 bits per heavy atom. The maximum atomic E-state index is 14.0. The highest BCUT2D eigenvalue weighted by Gasteiger charge is 2.29. The highest BCUT2D eigenvalue weighted by Crippen LogP contribution is 2.49. The molecule has 14 rings (SSSR count). The Morgan fingerprint density at radius 3 is 0.770 bits per heavy atom. The molecule has 0 atom stereocenters. The van der Waals surface area contributed by atoms with Gasteiger partial charge in [-0.15, -0.1) is 0 Å². The van der Waals surface area contributed by atoms with Crippen molar-refractivity contribution in [3.8, 4) is 22.3 Å². The fraction of sp³-hybridized carbons (Fsp3) is 0.0548. The number of ketones is 1. The highest BCUT2D eigenvalue weighted by molar-refractivity contribution is 6.45. The van der Waals surface area contributed by atoms with Crippen LogP contribution in [0.4, 0.5) is 0 Å². The SMILES string of the molecule is C.C.C.C.O=C1C(c2ccccc2)=c2c(c3ccccc3c3ccccc23)=C1c1ccccc1.c1ccc(-c2c3ccccc3c(-c3ccccc3)c3c4ccccc4c4ccccc4c23)cc1.c1ccccc#1. The van der Waals surface area contributed by atoms with Gasteiger partial charge in [-0.3, -0.25) is 4.79 Å². The predicted octanol–water partition coefficient (Wildman–Crippen LogP) is 18.4. The van der Waals surface area contributed by atoms with E-state index in [0.29, 0.717) is 0 Å². The predicted molar refractivity (Wildman–Crippen MR) is 322 cm³/mol. The van der Waals surface area contributed by atoms with Gasteiger partial charge in [-0.25, -0.2) is 0 Å². The summed E-state index contributed by atoms with van der Waals surface area (Å²) in [5.41, 5.74) is 8.66. The number of benzene rings is 12. The summed E-state index contributed by atoms with van der Waals surface area (Å²) < 4.78 is 0. The van der Waals surface area contributed by atoms with Gasteiger partial charge in [-0.2, -0.15) is 0 Å². The average Bonchev–Trinajstić information content (AvgIpc) is 3.77. The molecule has 1 nitrogen and oxygen atoms in total. The van der Waals surface area contributed by atoms with E-state index >= 15 is 0 Å². The average molecular weight is 953 g/mol. The standard InChI is InChI=1S/C34H22.C29H18O.C6H4.4CH4/c1-3-13-23(14-4-1)31-29-21-11-12-22-30(29)32(24-15-5-2-6-16-24)34-28-20-10-8-18-26(28)25-17-7-9-19-27(25)33(31)34;30-29-25(19-11-3-1-4-12-19)27-23-17-9-7-15-21(23)22-16-8-10-18-24(22)28(27)26(29)20-13-5-2-6-14-20;1-2-4-6-5-3-1;;;;/h1-22H;1-18H;1-4H;4*1H4. The lowest BCUT2D eigenvalue weighted by atomic mass is 9.81. The summed E-state index contributed by atoms with van der Waals surface area (Å²) in [6.45, 7) is 0. The van der Waals surface area contributed by atoms with Crippen LogP contribution in [0.15, 0.2) is 267 Å². The van der Waals surface area contributed by atoms with Crippen molar-refractivity contribution in [2.75, 3.05) is 0 Å². The van der Waals surface area contributed by atoms with E-state index in [9.17, 15) is 4.79 Å². The molecule has 0 saturated carbocycles. The van der Waals surface area contributed by atoms with Crippen LogP contribution in [-0.4, -0.2) is 5.78 Å². The van der Waals surface area contributed by atoms with Gasteiger partial charge in [0.2, 0.25) is 0 Å². The van der Waals surface area contributed by atoms with Crippen molar-refractivity contribution in [1.29, 1.82) is 0 Å². The Hall–Kier alpha value is -9.35. The lowest BCUT2D eigenvalue weighted by Gasteiger charge is -2.21. The number of carbonyl (C=O) groups excluding carboxylic acids is 1. The van der Waals surface area contributed by atoms with E-state index in [-0.39, 0.29) is 35.5 Å². The van der Waals surface area contributed by atoms with E-state index in [1.54, 1.807) is 0 Å². The Bertz CT molecular complexity index is 3920. The second-order valence-electron chi connectivity index (χ2n) is 17.5. The van der Waals surface area contributed by atoms with Crippen molar-refractivity contribution in [1.82, 2.24) is 0 Å². The van der Waals surface area contributed by atoms with Gasteiger partial charge in [0.25, 0.3) is 0 Å². The topological polar surface area (TPSA) is 17.1 Å². The minimum Gasteiger partial charge on any atom is -0.289 e. The van der Waals surface area contributed by atoms with Crippen molar-refractivity contribution < 1.29 is 4.79 Å². The van der Waals surface area contributed by atoms with Crippen molar-refractivity contribution in [3.05, 3.63) is 301 Å².